The molecule has 1 aromatic carbocycles. The van der Waals surface area contributed by atoms with E-state index in [1.807, 2.05) is 0 Å². The Kier molecular flexibility index (Phi) is 6.56. The van der Waals surface area contributed by atoms with Crippen LogP contribution in [-0.4, -0.2) is 6.11 Å². The smallest absolute Gasteiger partial charge is 0.400 e. The number of benzene rings is 1. The molecule has 1 nitrogen and oxygen atoms in total. The average molecular weight is 445 g/mol. The van der Waals surface area contributed by atoms with Gasteiger partial charge in [0.2, 0.25) is 0 Å². The molecule has 174 valence electrons. The minimum absolute atomic E-state index is 0.0444. The molecule has 3 unspecified atom stereocenters. The second-order valence-corrected chi connectivity index (χ2v) is 10.2. The van der Waals surface area contributed by atoms with Crippen LogP contribution in [0.5, 0.6) is 5.75 Å². The van der Waals surface area contributed by atoms with Crippen LogP contribution in [0, 0.1) is 46.5 Å². The van der Waals surface area contributed by atoms with E-state index in [2.05, 4.69) is 6.92 Å². The number of hydrogen-bond acceptors (Lipinski definition) is 1. The van der Waals surface area contributed by atoms with Crippen LogP contribution in [0.3, 0.4) is 0 Å². The Morgan fingerprint density at radius 1 is 0.968 bits per heavy atom. The molecule has 3 aliphatic carbocycles. The second kappa shape index (κ2) is 8.90. The van der Waals surface area contributed by atoms with Crippen LogP contribution in [0.4, 0.5) is 22.0 Å². The van der Waals surface area contributed by atoms with Crippen molar-refractivity contribution in [2.45, 2.75) is 90.1 Å². The van der Waals surface area contributed by atoms with Gasteiger partial charge in [0.15, 0.2) is 17.5 Å². The first-order valence-electron chi connectivity index (χ1n) is 12.0. The van der Waals surface area contributed by atoms with E-state index < -0.39 is 35.2 Å². The van der Waals surface area contributed by atoms with Crippen molar-refractivity contribution in [1.82, 2.24) is 0 Å². The molecule has 3 saturated carbocycles. The SMILES string of the molecule is CCCC1CCC(C2CCC23CCCC(C(F)(F)Oc2cc(F)c(F)c(F)c2)C3)CC1. The summed E-state index contributed by atoms with van der Waals surface area (Å²) in [6.07, 6.45) is 8.45. The van der Waals surface area contributed by atoms with Gasteiger partial charge in [-0.2, -0.15) is 8.78 Å². The van der Waals surface area contributed by atoms with E-state index in [1.54, 1.807) is 0 Å². The van der Waals surface area contributed by atoms with Crippen molar-refractivity contribution >= 4 is 0 Å². The lowest BCUT2D eigenvalue weighted by atomic mass is 9.47. The maximum absolute atomic E-state index is 15.0. The zero-order chi connectivity index (χ0) is 22.2. The lowest BCUT2D eigenvalue weighted by molar-refractivity contribution is -0.240. The molecule has 0 amide bonds. The molecule has 31 heavy (non-hydrogen) atoms. The highest BCUT2D eigenvalue weighted by molar-refractivity contribution is 5.25. The first-order valence-corrected chi connectivity index (χ1v) is 12.0. The van der Waals surface area contributed by atoms with Gasteiger partial charge in [-0.15, -0.1) is 0 Å². The fourth-order valence-electron chi connectivity index (χ4n) is 6.82. The number of ether oxygens (including phenoxy) is 1. The Morgan fingerprint density at radius 3 is 2.23 bits per heavy atom. The van der Waals surface area contributed by atoms with Gasteiger partial charge in [0.1, 0.15) is 5.75 Å². The van der Waals surface area contributed by atoms with Crippen molar-refractivity contribution in [3.63, 3.8) is 0 Å². The van der Waals surface area contributed by atoms with E-state index >= 15 is 8.78 Å². The highest BCUT2D eigenvalue weighted by Crippen LogP contribution is 2.63. The quantitative estimate of drug-likeness (QED) is 0.317. The molecule has 0 bridgehead atoms. The molecule has 0 N–H and O–H groups in total. The van der Waals surface area contributed by atoms with E-state index in [0.29, 0.717) is 36.8 Å². The van der Waals surface area contributed by atoms with Crippen LogP contribution in [-0.2, 0) is 0 Å². The standard InChI is InChI=1S/C25H33F5O/c1-2-4-16-6-8-17(9-7-16)20-10-12-24(20)11-3-5-18(15-24)25(29,30)31-19-13-21(26)23(28)22(27)14-19/h13-14,16-18,20H,2-12,15H2,1H3. The Morgan fingerprint density at radius 2 is 1.65 bits per heavy atom. The molecule has 0 saturated heterocycles. The minimum Gasteiger partial charge on any atom is -0.432 e. The van der Waals surface area contributed by atoms with Crippen LogP contribution < -0.4 is 4.74 Å². The largest absolute Gasteiger partial charge is 0.432 e. The maximum atomic E-state index is 15.0. The Labute approximate surface area is 181 Å². The highest BCUT2D eigenvalue weighted by atomic mass is 19.3. The predicted molar refractivity (Wildman–Crippen MR) is 109 cm³/mol. The van der Waals surface area contributed by atoms with Crippen molar-refractivity contribution in [1.29, 1.82) is 0 Å². The molecule has 4 rings (SSSR count). The minimum atomic E-state index is -3.54. The third kappa shape index (κ3) is 4.59. The molecule has 1 spiro atoms. The zero-order valence-electron chi connectivity index (χ0n) is 18.2. The zero-order valence-corrected chi connectivity index (χ0v) is 18.2. The third-order valence-corrected chi connectivity index (χ3v) is 8.46. The Hall–Kier alpha value is -1.33. The molecular weight excluding hydrogens is 411 g/mol. The summed E-state index contributed by atoms with van der Waals surface area (Å²) in [5.41, 5.74) is -0.0444. The van der Waals surface area contributed by atoms with E-state index in [-0.39, 0.29) is 5.41 Å². The highest BCUT2D eigenvalue weighted by Gasteiger charge is 2.56. The van der Waals surface area contributed by atoms with E-state index in [0.717, 1.165) is 31.6 Å². The molecule has 3 atom stereocenters. The summed E-state index contributed by atoms with van der Waals surface area (Å²) in [6, 6.07) is 0.984. The average Bonchev–Trinajstić information content (AvgIpc) is 2.72. The molecule has 0 aliphatic heterocycles. The lowest BCUT2D eigenvalue weighted by Gasteiger charge is -2.58. The molecule has 0 heterocycles. The monoisotopic (exact) mass is 444 g/mol. The van der Waals surface area contributed by atoms with Gasteiger partial charge in [-0.25, -0.2) is 13.2 Å². The fourth-order valence-corrected chi connectivity index (χ4v) is 6.82. The third-order valence-electron chi connectivity index (χ3n) is 8.46. The normalized spacial score (nSPS) is 33.9. The summed E-state index contributed by atoms with van der Waals surface area (Å²) in [5, 5.41) is 0. The van der Waals surface area contributed by atoms with Gasteiger partial charge >= 0.3 is 6.11 Å². The second-order valence-electron chi connectivity index (χ2n) is 10.2. The van der Waals surface area contributed by atoms with Gasteiger partial charge in [-0.3, -0.25) is 0 Å². The van der Waals surface area contributed by atoms with Gasteiger partial charge < -0.3 is 4.74 Å². The van der Waals surface area contributed by atoms with E-state index in [4.69, 9.17) is 4.74 Å². The van der Waals surface area contributed by atoms with E-state index in [9.17, 15) is 13.2 Å². The molecule has 3 aliphatic rings. The van der Waals surface area contributed by atoms with Gasteiger partial charge in [-0.1, -0.05) is 39.0 Å². The predicted octanol–water partition coefficient (Wildman–Crippen LogP) is 8.27. The summed E-state index contributed by atoms with van der Waals surface area (Å²) in [6.45, 7) is 2.23. The van der Waals surface area contributed by atoms with Crippen LogP contribution in [0.15, 0.2) is 12.1 Å². The summed E-state index contributed by atoms with van der Waals surface area (Å²) >= 11 is 0. The Balaban J connectivity index is 1.42. The van der Waals surface area contributed by atoms with Gasteiger partial charge in [-0.05, 0) is 68.1 Å². The molecule has 6 heteroatoms. The molecule has 0 aromatic heterocycles. The van der Waals surface area contributed by atoms with Crippen molar-refractivity contribution in [2.75, 3.05) is 0 Å². The molecule has 0 radical (unpaired) electrons. The van der Waals surface area contributed by atoms with Gasteiger partial charge in [0.25, 0.3) is 0 Å². The van der Waals surface area contributed by atoms with Gasteiger partial charge in [0, 0.05) is 12.1 Å². The number of alkyl halides is 2. The summed E-state index contributed by atoms with van der Waals surface area (Å²) < 4.78 is 74.8. The maximum Gasteiger partial charge on any atom is 0.400 e. The van der Waals surface area contributed by atoms with Crippen LogP contribution in [0.25, 0.3) is 0 Å². The Bertz CT molecular complexity index is 750. The fraction of sp³-hybridized carbons (Fsp3) is 0.760. The van der Waals surface area contributed by atoms with Crippen LogP contribution in [0.1, 0.15) is 84.0 Å². The van der Waals surface area contributed by atoms with Crippen LogP contribution in [0.2, 0.25) is 0 Å². The summed E-state index contributed by atoms with van der Waals surface area (Å²) in [5.74, 6) is -4.42. The van der Waals surface area contributed by atoms with E-state index in [1.165, 1.54) is 38.5 Å². The van der Waals surface area contributed by atoms with Crippen LogP contribution >= 0.6 is 0 Å². The molecular formula is C25H33F5O. The molecule has 3 fully saturated rings. The first-order chi connectivity index (χ1) is 14.7. The first kappa shape index (κ1) is 22.8. The van der Waals surface area contributed by atoms with Gasteiger partial charge in [0.05, 0.1) is 5.92 Å². The summed E-state index contributed by atoms with van der Waals surface area (Å²) in [4.78, 5) is 0. The number of rotatable bonds is 6. The van der Waals surface area contributed by atoms with Crippen molar-refractivity contribution in [3.8, 4) is 5.75 Å². The van der Waals surface area contributed by atoms with Crippen molar-refractivity contribution in [3.05, 3.63) is 29.6 Å². The number of hydrogen-bond donors (Lipinski definition) is 0. The summed E-state index contributed by atoms with van der Waals surface area (Å²) in [7, 11) is 0. The topological polar surface area (TPSA) is 9.23 Å². The van der Waals surface area contributed by atoms with Crippen molar-refractivity contribution < 1.29 is 26.7 Å². The lowest BCUT2D eigenvalue weighted by Crippen LogP contribution is -2.51. The molecule has 1 aromatic rings. The van der Waals surface area contributed by atoms with Crippen molar-refractivity contribution in [2.24, 2.45) is 29.1 Å². The number of halogens is 5.